The molecule has 0 radical (unpaired) electrons. The summed E-state index contributed by atoms with van der Waals surface area (Å²) in [5, 5.41) is 0. The van der Waals surface area contributed by atoms with E-state index in [-0.39, 0.29) is 17.6 Å². The highest BCUT2D eigenvalue weighted by atomic mass is 19.2. The predicted molar refractivity (Wildman–Crippen MR) is 111 cm³/mol. The van der Waals surface area contributed by atoms with Crippen LogP contribution in [0.5, 0.6) is 11.5 Å². The van der Waals surface area contributed by atoms with Gasteiger partial charge in [0, 0.05) is 5.56 Å². The van der Waals surface area contributed by atoms with Crippen LogP contribution in [0.3, 0.4) is 0 Å². The molecule has 0 saturated heterocycles. The molecule has 4 rings (SSSR count). The van der Waals surface area contributed by atoms with Crippen LogP contribution in [0, 0.1) is 35.3 Å². The van der Waals surface area contributed by atoms with Gasteiger partial charge in [0.05, 0.1) is 6.61 Å². The lowest BCUT2D eigenvalue weighted by Crippen LogP contribution is -2.35. The Labute approximate surface area is 174 Å². The average molecular weight is 407 g/mol. The molecule has 1 heterocycles. The Morgan fingerprint density at radius 2 is 1.48 bits per heavy atom. The minimum absolute atomic E-state index is 0.00380. The smallest absolute Gasteiger partial charge is 0.204 e. The van der Waals surface area contributed by atoms with E-state index in [1.165, 1.54) is 57.8 Å². The number of aryl methyl sites for hydroxylation is 1. The second-order valence-corrected chi connectivity index (χ2v) is 9.48. The van der Waals surface area contributed by atoms with Crippen LogP contribution in [0.1, 0.15) is 83.6 Å². The molecule has 1 aromatic carbocycles. The van der Waals surface area contributed by atoms with Gasteiger partial charge in [-0.05, 0) is 88.0 Å². The van der Waals surface area contributed by atoms with Gasteiger partial charge in [-0.2, -0.15) is 8.78 Å². The lowest BCUT2D eigenvalue weighted by atomic mass is 9.68. The van der Waals surface area contributed by atoms with Crippen molar-refractivity contribution in [2.24, 2.45) is 23.7 Å². The number of halogens is 2. The van der Waals surface area contributed by atoms with Gasteiger partial charge in [-0.3, -0.25) is 0 Å². The third-order valence-electron chi connectivity index (χ3n) is 7.95. The fourth-order valence-electron chi connectivity index (χ4n) is 6.11. The molecule has 0 spiro atoms. The monoisotopic (exact) mass is 406 g/mol. The van der Waals surface area contributed by atoms with Crippen LogP contribution in [0.25, 0.3) is 0 Å². The Balaban J connectivity index is 1.34. The van der Waals surface area contributed by atoms with Gasteiger partial charge < -0.3 is 9.47 Å². The topological polar surface area (TPSA) is 18.5 Å². The van der Waals surface area contributed by atoms with Crippen LogP contribution in [0.15, 0.2) is 6.07 Å². The molecular formula is C25H36F2O2. The van der Waals surface area contributed by atoms with Gasteiger partial charge in [0.15, 0.2) is 11.5 Å². The number of ether oxygens (including phenoxy) is 2. The second kappa shape index (κ2) is 9.22. The van der Waals surface area contributed by atoms with E-state index in [1.54, 1.807) is 13.0 Å². The highest BCUT2D eigenvalue weighted by Crippen LogP contribution is 2.45. The van der Waals surface area contributed by atoms with Gasteiger partial charge in [0.2, 0.25) is 11.6 Å². The summed E-state index contributed by atoms with van der Waals surface area (Å²) < 4.78 is 40.2. The lowest BCUT2D eigenvalue weighted by Gasteiger charge is -2.40. The summed E-state index contributed by atoms with van der Waals surface area (Å²) in [5.41, 5.74) is 0.741. The number of hydrogen-bond donors (Lipinski definition) is 0. The standard InChI is InChI=1S/C25H36F2O2/c1-3-16-5-7-17(8-6-16)18-9-11-19(12-10-18)21-14-13-20-15-22(28-4-2)23(26)24(27)25(20)29-21/h15-19,21H,3-14H2,1-2H3/t16-,17-,18?,19?,21?. The number of hydrogen-bond acceptors (Lipinski definition) is 2. The van der Waals surface area contributed by atoms with Crippen LogP contribution in [0.4, 0.5) is 8.78 Å². The van der Waals surface area contributed by atoms with Crippen LogP contribution < -0.4 is 9.47 Å². The van der Waals surface area contributed by atoms with Crippen molar-refractivity contribution >= 4 is 0 Å². The first-order valence-corrected chi connectivity index (χ1v) is 11.9. The third kappa shape index (κ3) is 4.41. The van der Waals surface area contributed by atoms with E-state index in [0.29, 0.717) is 12.5 Å². The first-order chi connectivity index (χ1) is 14.1. The van der Waals surface area contributed by atoms with Crippen molar-refractivity contribution in [3.63, 3.8) is 0 Å². The van der Waals surface area contributed by atoms with Gasteiger partial charge in [-0.1, -0.05) is 26.2 Å². The highest BCUT2D eigenvalue weighted by molar-refractivity contribution is 5.44. The normalized spacial score (nSPS) is 32.3. The van der Waals surface area contributed by atoms with E-state index in [9.17, 15) is 8.78 Å². The molecule has 2 nitrogen and oxygen atoms in total. The molecular weight excluding hydrogens is 370 g/mol. The van der Waals surface area contributed by atoms with Crippen molar-refractivity contribution in [1.29, 1.82) is 0 Å². The molecule has 1 aliphatic heterocycles. The van der Waals surface area contributed by atoms with Crippen molar-refractivity contribution in [3.8, 4) is 11.5 Å². The highest BCUT2D eigenvalue weighted by Gasteiger charge is 2.36. The Bertz CT molecular complexity index is 689. The minimum Gasteiger partial charge on any atom is -0.491 e. The molecule has 0 aromatic heterocycles. The lowest BCUT2D eigenvalue weighted by molar-refractivity contribution is 0.0563. The SMILES string of the molecule is CCOc1cc2c(c(F)c1F)OC(C1CCC([C@H]3CC[C@H](CC)CC3)CC1)CC2. The summed E-state index contributed by atoms with van der Waals surface area (Å²) in [5.74, 6) is 1.54. The van der Waals surface area contributed by atoms with Gasteiger partial charge in [-0.25, -0.2) is 0 Å². The summed E-state index contributed by atoms with van der Waals surface area (Å²) >= 11 is 0. The van der Waals surface area contributed by atoms with Gasteiger partial charge in [0.25, 0.3) is 0 Å². The van der Waals surface area contributed by atoms with Gasteiger partial charge in [-0.15, -0.1) is 0 Å². The molecule has 0 amide bonds. The van der Waals surface area contributed by atoms with Crippen molar-refractivity contribution in [3.05, 3.63) is 23.3 Å². The van der Waals surface area contributed by atoms with Crippen molar-refractivity contribution < 1.29 is 18.3 Å². The first-order valence-electron chi connectivity index (χ1n) is 11.9. The van der Waals surface area contributed by atoms with Crippen molar-refractivity contribution in [2.45, 2.75) is 90.6 Å². The maximum atomic E-state index is 14.6. The molecule has 3 aliphatic rings. The van der Waals surface area contributed by atoms with E-state index < -0.39 is 11.6 Å². The van der Waals surface area contributed by atoms with Crippen LogP contribution >= 0.6 is 0 Å². The molecule has 2 fully saturated rings. The van der Waals surface area contributed by atoms with Crippen molar-refractivity contribution in [1.82, 2.24) is 0 Å². The molecule has 162 valence electrons. The third-order valence-corrected chi connectivity index (χ3v) is 7.95. The van der Waals surface area contributed by atoms with E-state index in [4.69, 9.17) is 9.47 Å². The van der Waals surface area contributed by atoms with Crippen LogP contribution in [-0.2, 0) is 6.42 Å². The molecule has 1 unspecified atom stereocenters. The van der Waals surface area contributed by atoms with Crippen LogP contribution in [0.2, 0.25) is 0 Å². The average Bonchev–Trinajstić information content (AvgIpc) is 2.77. The van der Waals surface area contributed by atoms with Crippen molar-refractivity contribution in [2.75, 3.05) is 6.61 Å². The zero-order chi connectivity index (χ0) is 20.4. The summed E-state index contributed by atoms with van der Waals surface area (Å²) in [6.45, 7) is 4.42. The molecule has 4 heteroatoms. The van der Waals surface area contributed by atoms with E-state index in [2.05, 4.69) is 6.92 Å². The van der Waals surface area contributed by atoms with E-state index >= 15 is 0 Å². The molecule has 1 atom stereocenters. The number of rotatable bonds is 5. The molecule has 0 bridgehead atoms. The maximum absolute atomic E-state index is 14.6. The Morgan fingerprint density at radius 1 is 0.862 bits per heavy atom. The molecule has 2 saturated carbocycles. The first kappa shape index (κ1) is 20.9. The maximum Gasteiger partial charge on any atom is 0.204 e. The Kier molecular flexibility index (Phi) is 6.66. The summed E-state index contributed by atoms with van der Waals surface area (Å²) in [7, 11) is 0. The van der Waals surface area contributed by atoms with Gasteiger partial charge in [0.1, 0.15) is 6.10 Å². The number of benzene rings is 1. The van der Waals surface area contributed by atoms with Crippen LogP contribution in [-0.4, -0.2) is 12.7 Å². The fourth-order valence-corrected chi connectivity index (χ4v) is 6.11. The summed E-state index contributed by atoms with van der Waals surface area (Å²) in [6, 6.07) is 1.62. The molecule has 0 N–H and O–H groups in total. The second-order valence-electron chi connectivity index (χ2n) is 9.48. The largest absolute Gasteiger partial charge is 0.491 e. The predicted octanol–water partition coefficient (Wildman–Crippen LogP) is 7.08. The van der Waals surface area contributed by atoms with E-state index in [0.717, 1.165) is 36.2 Å². The quantitative estimate of drug-likeness (QED) is 0.520. The Hall–Kier alpha value is -1.32. The number of fused-ring (bicyclic) bond motifs is 1. The summed E-state index contributed by atoms with van der Waals surface area (Å²) in [6.07, 6.45) is 13.5. The zero-order valence-corrected chi connectivity index (χ0v) is 18.0. The molecule has 29 heavy (non-hydrogen) atoms. The molecule has 1 aromatic rings. The minimum atomic E-state index is -0.919. The summed E-state index contributed by atoms with van der Waals surface area (Å²) in [4.78, 5) is 0. The fraction of sp³-hybridized carbons (Fsp3) is 0.760. The van der Waals surface area contributed by atoms with E-state index in [1.807, 2.05) is 0 Å². The zero-order valence-electron chi connectivity index (χ0n) is 18.0. The Morgan fingerprint density at radius 3 is 2.10 bits per heavy atom. The molecule has 2 aliphatic carbocycles. The van der Waals surface area contributed by atoms with Gasteiger partial charge >= 0.3 is 0 Å².